The molecule has 0 unspecified atom stereocenters. The minimum absolute atomic E-state index is 0.0352. The molecular formula is C19H29ClN4O2. The van der Waals surface area contributed by atoms with E-state index in [9.17, 15) is 9.59 Å². The fourth-order valence-electron chi connectivity index (χ4n) is 3.09. The molecular weight excluding hydrogens is 352 g/mol. The van der Waals surface area contributed by atoms with Gasteiger partial charge in [0.15, 0.2) is 0 Å². The lowest BCUT2D eigenvalue weighted by molar-refractivity contribution is -0.122. The topological polar surface area (TPSA) is 64.7 Å². The van der Waals surface area contributed by atoms with E-state index in [4.69, 9.17) is 11.6 Å². The third-order valence-electron chi connectivity index (χ3n) is 4.58. The molecule has 3 amide bonds. The predicted molar refractivity (Wildman–Crippen MR) is 104 cm³/mol. The van der Waals surface area contributed by atoms with Gasteiger partial charge in [-0.15, -0.1) is 0 Å². The van der Waals surface area contributed by atoms with Gasteiger partial charge >= 0.3 is 6.03 Å². The average Bonchev–Trinajstić information content (AvgIpc) is 2.61. The summed E-state index contributed by atoms with van der Waals surface area (Å²) in [6.07, 6.45) is 0. The van der Waals surface area contributed by atoms with E-state index >= 15 is 0 Å². The number of nitrogens with zero attached hydrogens (tertiary/aromatic N) is 2. The molecule has 1 fully saturated rings. The number of hydrogen-bond donors (Lipinski definition) is 2. The van der Waals surface area contributed by atoms with Crippen LogP contribution >= 0.6 is 11.6 Å². The van der Waals surface area contributed by atoms with Gasteiger partial charge in [-0.05, 0) is 30.5 Å². The summed E-state index contributed by atoms with van der Waals surface area (Å²) in [5.41, 5.74) is 1.05. The fourth-order valence-corrected chi connectivity index (χ4v) is 3.22. The van der Waals surface area contributed by atoms with Gasteiger partial charge in [0.1, 0.15) is 0 Å². The van der Waals surface area contributed by atoms with Gasteiger partial charge in [0.2, 0.25) is 5.91 Å². The van der Waals surface area contributed by atoms with Crippen LogP contribution in [0.2, 0.25) is 5.02 Å². The lowest BCUT2D eigenvalue weighted by Gasteiger charge is -2.35. The third-order valence-corrected chi connectivity index (χ3v) is 4.83. The van der Waals surface area contributed by atoms with Gasteiger partial charge in [-0.25, -0.2) is 4.79 Å². The number of likely N-dealkylation sites (N-methyl/N-ethyl adjacent to an activating group) is 1. The van der Waals surface area contributed by atoms with Crippen LogP contribution in [0.5, 0.6) is 0 Å². The average molecular weight is 381 g/mol. The molecule has 0 bridgehead atoms. The molecule has 6 nitrogen and oxygen atoms in total. The van der Waals surface area contributed by atoms with Crippen LogP contribution < -0.4 is 10.6 Å². The quantitative estimate of drug-likeness (QED) is 0.796. The van der Waals surface area contributed by atoms with Crippen LogP contribution in [-0.4, -0.2) is 61.0 Å². The number of carbonyl (C=O) groups is 2. The first kappa shape index (κ1) is 20.5. The first-order chi connectivity index (χ1) is 12.4. The molecule has 7 heteroatoms. The van der Waals surface area contributed by atoms with Crippen molar-refractivity contribution < 1.29 is 9.59 Å². The SMILES string of the molecule is CCNC(=O)CN1CCN(C(=O)N[C@@H](c2ccc(Cl)cc2)C(C)C)CC1. The second kappa shape index (κ2) is 9.78. The van der Waals surface area contributed by atoms with Crippen molar-refractivity contribution in [2.45, 2.75) is 26.8 Å². The molecule has 0 saturated carbocycles. The number of amides is 3. The van der Waals surface area contributed by atoms with Gasteiger partial charge in [-0.2, -0.15) is 0 Å². The van der Waals surface area contributed by atoms with Crippen molar-refractivity contribution in [1.82, 2.24) is 20.4 Å². The van der Waals surface area contributed by atoms with E-state index in [1.165, 1.54) is 0 Å². The maximum Gasteiger partial charge on any atom is 0.317 e. The molecule has 2 rings (SSSR count). The molecule has 0 aliphatic carbocycles. The lowest BCUT2D eigenvalue weighted by Crippen LogP contribution is -2.54. The second-order valence-corrected chi connectivity index (χ2v) is 7.38. The molecule has 1 saturated heterocycles. The number of carbonyl (C=O) groups excluding carboxylic acids is 2. The molecule has 0 aromatic heterocycles. The van der Waals surface area contributed by atoms with E-state index in [1.54, 1.807) is 0 Å². The second-order valence-electron chi connectivity index (χ2n) is 6.94. The maximum absolute atomic E-state index is 12.7. The molecule has 0 spiro atoms. The van der Waals surface area contributed by atoms with Crippen molar-refractivity contribution in [3.05, 3.63) is 34.9 Å². The van der Waals surface area contributed by atoms with Crippen molar-refractivity contribution >= 4 is 23.5 Å². The molecule has 1 aromatic rings. The van der Waals surface area contributed by atoms with Crippen LogP contribution in [0.4, 0.5) is 4.79 Å². The number of rotatable bonds is 6. The highest BCUT2D eigenvalue weighted by molar-refractivity contribution is 6.30. The summed E-state index contributed by atoms with van der Waals surface area (Å²) < 4.78 is 0. The summed E-state index contributed by atoms with van der Waals surface area (Å²) in [5, 5.41) is 6.63. The van der Waals surface area contributed by atoms with Crippen LogP contribution in [0.1, 0.15) is 32.4 Å². The van der Waals surface area contributed by atoms with E-state index < -0.39 is 0 Å². The fraction of sp³-hybridized carbons (Fsp3) is 0.579. The molecule has 1 aliphatic heterocycles. The van der Waals surface area contributed by atoms with Crippen LogP contribution in [0.15, 0.2) is 24.3 Å². The molecule has 1 atom stereocenters. The van der Waals surface area contributed by atoms with Crippen molar-refractivity contribution in [3.8, 4) is 0 Å². The Hall–Kier alpha value is -1.79. The standard InChI is InChI=1S/C19H29ClN4O2/c1-4-21-17(25)13-23-9-11-24(12-10-23)19(26)22-18(14(2)3)15-5-7-16(20)8-6-15/h5-8,14,18H,4,9-13H2,1-3H3,(H,21,25)(H,22,26)/t18-/m1/s1. The van der Waals surface area contributed by atoms with Gasteiger partial charge in [-0.3, -0.25) is 9.69 Å². The highest BCUT2D eigenvalue weighted by Gasteiger charge is 2.25. The van der Waals surface area contributed by atoms with E-state index in [-0.39, 0.29) is 23.9 Å². The zero-order valence-corrected chi connectivity index (χ0v) is 16.6. The predicted octanol–water partition coefficient (Wildman–Crippen LogP) is 2.50. The summed E-state index contributed by atoms with van der Waals surface area (Å²) in [7, 11) is 0. The molecule has 2 N–H and O–H groups in total. The van der Waals surface area contributed by atoms with Crippen molar-refractivity contribution in [1.29, 1.82) is 0 Å². The maximum atomic E-state index is 12.7. The van der Waals surface area contributed by atoms with Crippen molar-refractivity contribution in [3.63, 3.8) is 0 Å². The minimum atomic E-state index is -0.0619. The summed E-state index contributed by atoms with van der Waals surface area (Å²) in [6, 6.07) is 7.48. The number of urea groups is 1. The largest absolute Gasteiger partial charge is 0.355 e. The summed E-state index contributed by atoms with van der Waals surface area (Å²) in [4.78, 5) is 28.2. The number of nitrogens with one attached hydrogen (secondary N) is 2. The lowest BCUT2D eigenvalue weighted by atomic mass is 9.96. The van der Waals surface area contributed by atoms with E-state index in [0.717, 1.165) is 5.56 Å². The molecule has 1 heterocycles. The molecule has 26 heavy (non-hydrogen) atoms. The van der Waals surface area contributed by atoms with Gasteiger partial charge in [0.05, 0.1) is 12.6 Å². The smallest absolute Gasteiger partial charge is 0.317 e. The molecule has 0 radical (unpaired) electrons. The Morgan fingerprint density at radius 2 is 1.73 bits per heavy atom. The summed E-state index contributed by atoms with van der Waals surface area (Å²) >= 11 is 5.96. The van der Waals surface area contributed by atoms with Crippen LogP contribution in [0.3, 0.4) is 0 Å². The van der Waals surface area contributed by atoms with Crippen LogP contribution in [0.25, 0.3) is 0 Å². The monoisotopic (exact) mass is 380 g/mol. The van der Waals surface area contributed by atoms with Gasteiger partial charge in [-0.1, -0.05) is 37.6 Å². The zero-order valence-electron chi connectivity index (χ0n) is 15.8. The third kappa shape index (κ3) is 5.88. The number of halogens is 1. The Morgan fingerprint density at radius 1 is 1.12 bits per heavy atom. The molecule has 1 aromatic carbocycles. The van der Waals surface area contributed by atoms with Crippen LogP contribution in [-0.2, 0) is 4.79 Å². The zero-order chi connectivity index (χ0) is 19.1. The first-order valence-electron chi connectivity index (χ1n) is 9.20. The number of piperazine rings is 1. The Kier molecular flexibility index (Phi) is 7.72. The van der Waals surface area contributed by atoms with Crippen LogP contribution in [0, 0.1) is 5.92 Å². The Balaban J connectivity index is 1.88. The van der Waals surface area contributed by atoms with E-state index in [2.05, 4.69) is 29.4 Å². The minimum Gasteiger partial charge on any atom is -0.355 e. The van der Waals surface area contributed by atoms with E-state index in [1.807, 2.05) is 36.1 Å². The van der Waals surface area contributed by atoms with E-state index in [0.29, 0.717) is 44.3 Å². The molecule has 144 valence electrons. The Morgan fingerprint density at radius 3 is 2.27 bits per heavy atom. The summed E-state index contributed by atoms with van der Waals surface area (Å²) in [5.74, 6) is 0.298. The van der Waals surface area contributed by atoms with Gasteiger partial charge in [0, 0.05) is 37.7 Å². The van der Waals surface area contributed by atoms with Crippen molar-refractivity contribution in [2.75, 3.05) is 39.3 Å². The Labute approximate surface area is 160 Å². The van der Waals surface area contributed by atoms with Gasteiger partial charge < -0.3 is 15.5 Å². The highest BCUT2D eigenvalue weighted by Crippen LogP contribution is 2.23. The summed E-state index contributed by atoms with van der Waals surface area (Å²) in [6.45, 7) is 9.77. The first-order valence-corrected chi connectivity index (χ1v) is 9.58. The highest BCUT2D eigenvalue weighted by atomic mass is 35.5. The van der Waals surface area contributed by atoms with Gasteiger partial charge in [0.25, 0.3) is 0 Å². The molecule has 1 aliphatic rings. The Bertz CT molecular complexity index is 598. The number of hydrogen-bond acceptors (Lipinski definition) is 3. The number of benzene rings is 1. The van der Waals surface area contributed by atoms with Crippen molar-refractivity contribution in [2.24, 2.45) is 5.92 Å². The normalized spacial score (nSPS) is 16.4.